The maximum atomic E-state index is 12.3. The summed E-state index contributed by atoms with van der Waals surface area (Å²) in [6.45, 7) is 1.07. The number of carbonyl (C=O) groups excluding carboxylic acids is 1. The molecule has 3 rings (SSSR count). The first-order valence-electron chi connectivity index (χ1n) is 9.07. The van der Waals surface area contributed by atoms with Crippen molar-refractivity contribution in [3.8, 4) is 5.75 Å². The number of rotatable bonds is 6. The number of hydrogen-bond acceptors (Lipinski definition) is 2. The van der Waals surface area contributed by atoms with Gasteiger partial charge in [-0.15, -0.1) is 0 Å². The van der Waals surface area contributed by atoms with E-state index in [9.17, 15) is 4.79 Å². The number of ether oxygens (including phenoxy) is 1. The molecule has 0 aliphatic heterocycles. The summed E-state index contributed by atoms with van der Waals surface area (Å²) in [5, 5.41) is 4.08. The Morgan fingerprint density at radius 1 is 1.04 bits per heavy atom. The lowest BCUT2D eigenvalue weighted by atomic mass is 9.90. The Hall–Kier alpha value is -1.71. The van der Waals surface area contributed by atoms with Crippen molar-refractivity contribution in [2.24, 2.45) is 5.92 Å². The molecule has 0 saturated heterocycles. The number of nitrogens with one attached hydrogen (secondary N) is 1. The number of halogens is 2. The number of amides is 1. The predicted molar refractivity (Wildman–Crippen MR) is 106 cm³/mol. The van der Waals surface area contributed by atoms with Crippen LogP contribution in [0.25, 0.3) is 0 Å². The van der Waals surface area contributed by atoms with Crippen LogP contribution in [0.4, 0.5) is 0 Å². The smallest absolute Gasteiger partial charge is 0.251 e. The molecule has 1 amide bonds. The highest BCUT2D eigenvalue weighted by atomic mass is 35.5. The van der Waals surface area contributed by atoms with Gasteiger partial charge in [-0.3, -0.25) is 4.79 Å². The summed E-state index contributed by atoms with van der Waals surface area (Å²) < 4.78 is 6.06. The van der Waals surface area contributed by atoms with E-state index in [0.717, 1.165) is 17.9 Å². The molecule has 3 nitrogen and oxygen atoms in total. The van der Waals surface area contributed by atoms with E-state index in [2.05, 4.69) is 5.32 Å². The monoisotopic (exact) mass is 391 g/mol. The van der Waals surface area contributed by atoms with Crippen molar-refractivity contribution in [1.82, 2.24) is 5.32 Å². The highest BCUT2D eigenvalue weighted by Gasteiger charge is 2.15. The van der Waals surface area contributed by atoms with E-state index in [1.807, 2.05) is 18.2 Å². The molecule has 0 bridgehead atoms. The Morgan fingerprint density at radius 3 is 2.58 bits per heavy atom. The summed E-state index contributed by atoms with van der Waals surface area (Å²) in [5.74, 6) is 1.23. The summed E-state index contributed by atoms with van der Waals surface area (Å²) in [4.78, 5) is 12.3. The minimum Gasteiger partial charge on any atom is -0.493 e. The highest BCUT2D eigenvalue weighted by Crippen LogP contribution is 2.27. The number of benzene rings is 2. The van der Waals surface area contributed by atoms with E-state index in [1.54, 1.807) is 24.3 Å². The van der Waals surface area contributed by atoms with E-state index in [1.165, 1.54) is 32.1 Å². The van der Waals surface area contributed by atoms with Crippen LogP contribution in [0.1, 0.15) is 48.0 Å². The number of carbonyl (C=O) groups is 1. The third-order valence-electron chi connectivity index (χ3n) is 4.75. The third kappa shape index (κ3) is 5.39. The maximum absolute atomic E-state index is 12.3. The van der Waals surface area contributed by atoms with Gasteiger partial charge in [0.1, 0.15) is 5.75 Å². The third-order valence-corrected chi connectivity index (χ3v) is 5.22. The fraction of sp³-hybridized carbons (Fsp3) is 0.381. The zero-order valence-corrected chi connectivity index (χ0v) is 16.2. The van der Waals surface area contributed by atoms with Gasteiger partial charge in [-0.2, -0.15) is 0 Å². The molecule has 0 radical (unpaired) electrons. The Morgan fingerprint density at radius 2 is 1.81 bits per heavy atom. The Kier molecular flexibility index (Phi) is 6.81. The summed E-state index contributed by atoms with van der Waals surface area (Å²) >= 11 is 12.1. The average molecular weight is 392 g/mol. The molecule has 2 aromatic rings. The van der Waals surface area contributed by atoms with Crippen molar-refractivity contribution in [2.75, 3.05) is 6.61 Å². The molecule has 0 heterocycles. The lowest BCUT2D eigenvalue weighted by Crippen LogP contribution is -2.23. The van der Waals surface area contributed by atoms with Crippen LogP contribution in [0.5, 0.6) is 5.75 Å². The van der Waals surface area contributed by atoms with Crippen LogP contribution in [-0.2, 0) is 6.54 Å². The normalized spacial score (nSPS) is 14.8. The second-order valence-electron chi connectivity index (χ2n) is 6.76. The van der Waals surface area contributed by atoms with Gasteiger partial charge in [-0.1, -0.05) is 48.5 Å². The maximum Gasteiger partial charge on any atom is 0.251 e. The van der Waals surface area contributed by atoms with Crippen LogP contribution in [0.2, 0.25) is 10.0 Å². The first kappa shape index (κ1) is 19.1. The fourth-order valence-electron chi connectivity index (χ4n) is 3.30. The minimum atomic E-state index is -0.175. The molecule has 138 valence electrons. The second kappa shape index (κ2) is 9.29. The summed E-state index contributed by atoms with van der Waals surface area (Å²) in [6.07, 6.45) is 6.37. The molecule has 2 aromatic carbocycles. The van der Waals surface area contributed by atoms with Crippen LogP contribution in [-0.4, -0.2) is 12.5 Å². The molecule has 1 fully saturated rings. The molecule has 1 N–H and O–H groups in total. The van der Waals surface area contributed by atoms with Crippen molar-refractivity contribution >= 4 is 29.1 Å². The van der Waals surface area contributed by atoms with Crippen molar-refractivity contribution < 1.29 is 9.53 Å². The highest BCUT2D eigenvalue weighted by molar-refractivity contribution is 6.31. The van der Waals surface area contributed by atoms with Gasteiger partial charge in [-0.25, -0.2) is 0 Å². The summed E-state index contributed by atoms with van der Waals surface area (Å²) in [5.41, 5.74) is 1.41. The fourth-order valence-corrected chi connectivity index (χ4v) is 3.68. The van der Waals surface area contributed by atoms with E-state index >= 15 is 0 Å². The Bertz CT molecular complexity index is 757. The van der Waals surface area contributed by atoms with Crippen LogP contribution in [0, 0.1) is 5.92 Å². The zero-order valence-electron chi connectivity index (χ0n) is 14.6. The first-order chi connectivity index (χ1) is 12.6. The van der Waals surface area contributed by atoms with Gasteiger partial charge >= 0.3 is 0 Å². The topological polar surface area (TPSA) is 38.3 Å². The molecule has 26 heavy (non-hydrogen) atoms. The lowest BCUT2D eigenvalue weighted by Gasteiger charge is -2.22. The van der Waals surface area contributed by atoms with Gasteiger partial charge in [0.05, 0.1) is 6.61 Å². The van der Waals surface area contributed by atoms with Gasteiger partial charge in [0.25, 0.3) is 5.91 Å². The van der Waals surface area contributed by atoms with E-state index in [-0.39, 0.29) is 5.91 Å². The summed E-state index contributed by atoms with van der Waals surface area (Å²) in [6, 6.07) is 12.4. The molecule has 1 aliphatic rings. The van der Waals surface area contributed by atoms with Crippen LogP contribution in [0.3, 0.4) is 0 Å². The molecule has 1 aliphatic carbocycles. The standard InChI is InChI=1S/C21H23Cl2NO2/c22-18-8-4-7-16(11-18)21(25)24-13-17-12-19(23)9-10-20(17)26-14-15-5-2-1-3-6-15/h4,7-12,15H,1-3,5-6,13-14H2,(H,24,25). The van der Waals surface area contributed by atoms with Crippen LogP contribution < -0.4 is 10.1 Å². The van der Waals surface area contributed by atoms with Gasteiger partial charge in [0.2, 0.25) is 0 Å². The quantitative estimate of drug-likeness (QED) is 0.667. The van der Waals surface area contributed by atoms with Gasteiger partial charge in [0.15, 0.2) is 0 Å². The predicted octanol–water partition coefficient (Wildman–Crippen LogP) is 5.88. The molecular formula is C21H23Cl2NO2. The molecule has 0 aromatic heterocycles. The van der Waals surface area contributed by atoms with Crippen molar-refractivity contribution in [1.29, 1.82) is 0 Å². The minimum absolute atomic E-state index is 0.175. The van der Waals surface area contributed by atoms with E-state index in [4.69, 9.17) is 27.9 Å². The molecule has 1 saturated carbocycles. The van der Waals surface area contributed by atoms with E-state index < -0.39 is 0 Å². The molecular weight excluding hydrogens is 369 g/mol. The van der Waals surface area contributed by atoms with Gasteiger partial charge in [-0.05, 0) is 55.2 Å². The van der Waals surface area contributed by atoms with Crippen molar-refractivity contribution in [3.05, 3.63) is 63.6 Å². The van der Waals surface area contributed by atoms with Gasteiger partial charge < -0.3 is 10.1 Å². The second-order valence-corrected chi connectivity index (χ2v) is 7.63. The Balaban J connectivity index is 1.62. The van der Waals surface area contributed by atoms with Crippen molar-refractivity contribution in [3.63, 3.8) is 0 Å². The van der Waals surface area contributed by atoms with Crippen molar-refractivity contribution in [2.45, 2.75) is 38.6 Å². The average Bonchev–Trinajstić information content (AvgIpc) is 2.66. The largest absolute Gasteiger partial charge is 0.493 e. The van der Waals surface area contributed by atoms with E-state index in [0.29, 0.717) is 28.1 Å². The first-order valence-corrected chi connectivity index (χ1v) is 9.82. The zero-order chi connectivity index (χ0) is 18.4. The Labute approximate surface area is 164 Å². The lowest BCUT2D eigenvalue weighted by molar-refractivity contribution is 0.0950. The summed E-state index contributed by atoms with van der Waals surface area (Å²) in [7, 11) is 0. The molecule has 5 heteroatoms. The van der Waals surface area contributed by atoms with Crippen LogP contribution >= 0.6 is 23.2 Å². The van der Waals surface area contributed by atoms with Gasteiger partial charge in [0, 0.05) is 27.7 Å². The molecule has 0 atom stereocenters. The molecule has 0 spiro atoms. The number of hydrogen-bond donors (Lipinski definition) is 1. The van der Waals surface area contributed by atoms with Crippen LogP contribution in [0.15, 0.2) is 42.5 Å². The molecule has 0 unspecified atom stereocenters. The SMILES string of the molecule is O=C(NCc1cc(Cl)ccc1OCC1CCCCC1)c1cccc(Cl)c1.